The van der Waals surface area contributed by atoms with Crippen molar-refractivity contribution in [2.24, 2.45) is 11.8 Å². The van der Waals surface area contributed by atoms with Crippen molar-refractivity contribution in [2.75, 3.05) is 6.61 Å². The Labute approximate surface area is 113 Å². The zero-order chi connectivity index (χ0) is 13.4. The van der Waals surface area contributed by atoms with Crippen molar-refractivity contribution in [1.82, 2.24) is 0 Å². The maximum absolute atomic E-state index is 9.91. The zero-order valence-corrected chi connectivity index (χ0v) is 12.8. The maximum Gasteiger partial charge on any atom is 0.149 e. The third kappa shape index (κ3) is 7.37. The second kappa shape index (κ2) is 9.29. The minimum Gasteiger partial charge on any atom is -0.400 e. The SMILES string of the molecule is C[B]C(O)[C@@H](CC(CC(C)C)C(C)S)OCC. The summed E-state index contributed by atoms with van der Waals surface area (Å²) in [6, 6.07) is -0.475. The van der Waals surface area contributed by atoms with Crippen LogP contribution in [0.5, 0.6) is 0 Å². The van der Waals surface area contributed by atoms with E-state index in [9.17, 15) is 5.11 Å². The standard InChI is InChI=1S/C13H28BO2S/c1-6-16-12(13(15)14-5)8-11(10(4)17)7-9(2)3/h9-13,15,17H,6-8H2,1-5H3/t10?,11?,12-,13?/m1/s1. The van der Waals surface area contributed by atoms with Gasteiger partial charge in [0.1, 0.15) is 7.28 Å². The van der Waals surface area contributed by atoms with Crippen LogP contribution in [0.3, 0.4) is 0 Å². The molecule has 0 aromatic rings. The number of rotatable bonds is 9. The van der Waals surface area contributed by atoms with E-state index in [4.69, 9.17) is 4.74 Å². The van der Waals surface area contributed by atoms with E-state index in [1.807, 2.05) is 13.7 Å². The smallest absolute Gasteiger partial charge is 0.149 e. The molecule has 0 aliphatic heterocycles. The normalized spacial score (nSPS) is 18.8. The zero-order valence-electron chi connectivity index (χ0n) is 11.9. The van der Waals surface area contributed by atoms with Crippen molar-refractivity contribution in [3.05, 3.63) is 0 Å². The summed E-state index contributed by atoms with van der Waals surface area (Å²) in [6.45, 7) is 11.1. The van der Waals surface area contributed by atoms with E-state index >= 15 is 0 Å². The van der Waals surface area contributed by atoms with Gasteiger partial charge in [-0.2, -0.15) is 12.6 Å². The molecule has 0 saturated heterocycles. The second-order valence-corrected chi connectivity index (χ2v) is 6.00. The van der Waals surface area contributed by atoms with Crippen molar-refractivity contribution in [3.63, 3.8) is 0 Å². The number of aliphatic hydroxyl groups excluding tert-OH is 1. The van der Waals surface area contributed by atoms with E-state index in [0.717, 1.165) is 12.8 Å². The van der Waals surface area contributed by atoms with Crippen LogP contribution in [0.4, 0.5) is 0 Å². The van der Waals surface area contributed by atoms with Gasteiger partial charge in [0, 0.05) is 17.9 Å². The molecule has 4 heteroatoms. The first-order valence-electron chi connectivity index (χ1n) is 6.69. The lowest BCUT2D eigenvalue weighted by Gasteiger charge is -2.29. The molecule has 0 heterocycles. The van der Waals surface area contributed by atoms with Crippen LogP contribution in [0.1, 0.15) is 40.5 Å². The summed E-state index contributed by atoms with van der Waals surface area (Å²) >= 11 is 4.56. The third-order valence-electron chi connectivity index (χ3n) is 3.09. The van der Waals surface area contributed by atoms with E-state index in [0.29, 0.717) is 23.7 Å². The average Bonchev–Trinajstić information content (AvgIpc) is 2.25. The molecule has 1 radical (unpaired) electrons. The maximum atomic E-state index is 9.91. The molecule has 2 nitrogen and oxygen atoms in total. The Kier molecular flexibility index (Phi) is 9.47. The highest BCUT2D eigenvalue weighted by Crippen LogP contribution is 2.26. The van der Waals surface area contributed by atoms with Crippen molar-refractivity contribution in [3.8, 4) is 0 Å². The Balaban J connectivity index is 4.44. The van der Waals surface area contributed by atoms with E-state index in [-0.39, 0.29) is 6.10 Å². The molecule has 4 atom stereocenters. The van der Waals surface area contributed by atoms with E-state index < -0.39 is 6.00 Å². The summed E-state index contributed by atoms with van der Waals surface area (Å²) in [6.07, 6.45) is 1.91. The topological polar surface area (TPSA) is 29.5 Å². The van der Waals surface area contributed by atoms with Crippen molar-refractivity contribution < 1.29 is 9.84 Å². The van der Waals surface area contributed by atoms with Gasteiger partial charge in [-0.05, 0) is 31.6 Å². The van der Waals surface area contributed by atoms with Crippen LogP contribution < -0.4 is 0 Å². The Morgan fingerprint density at radius 2 is 1.82 bits per heavy atom. The number of hydrogen-bond acceptors (Lipinski definition) is 3. The molecule has 3 unspecified atom stereocenters. The summed E-state index contributed by atoms with van der Waals surface area (Å²) in [4.78, 5) is 0. The second-order valence-electron chi connectivity index (χ2n) is 5.18. The summed E-state index contributed by atoms with van der Waals surface area (Å²) < 4.78 is 5.64. The minimum atomic E-state index is -0.475. The predicted octanol–water partition coefficient (Wildman–Crippen LogP) is 2.83. The summed E-state index contributed by atoms with van der Waals surface area (Å²) in [5.41, 5.74) is 0. The first kappa shape index (κ1) is 17.3. The van der Waals surface area contributed by atoms with E-state index in [1.165, 1.54) is 0 Å². The largest absolute Gasteiger partial charge is 0.400 e. The van der Waals surface area contributed by atoms with Gasteiger partial charge < -0.3 is 9.84 Å². The Morgan fingerprint density at radius 1 is 1.24 bits per heavy atom. The van der Waals surface area contributed by atoms with Crippen LogP contribution in [-0.4, -0.2) is 36.4 Å². The molecule has 0 bridgehead atoms. The van der Waals surface area contributed by atoms with Crippen LogP contribution >= 0.6 is 12.6 Å². The summed E-state index contributed by atoms with van der Waals surface area (Å²) in [5.74, 6) is 1.14. The van der Waals surface area contributed by atoms with Crippen molar-refractivity contribution in [2.45, 2.75) is 64.7 Å². The number of aliphatic hydroxyl groups is 1. The van der Waals surface area contributed by atoms with Gasteiger partial charge in [-0.3, -0.25) is 0 Å². The molecule has 1 N–H and O–H groups in total. The van der Waals surface area contributed by atoms with E-state index in [2.05, 4.69) is 33.4 Å². The number of thiol groups is 1. The molecular formula is C13H28BO2S. The summed E-state index contributed by atoms with van der Waals surface area (Å²) in [7, 11) is 1.80. The fraction of sp³-hybridized carbons (Fsp3) is 1.00. The fourth-order valence-corrected chi connectivity index (χ4v) is 2.37. The molecule has 101 valence electrons. The first-order chi connectivity index (χ1) is 7.92. The minimum absolute atomic E-state index is 0.0941. The van der Waals surface area contributed by atoms with Crippen LogP contribution in [-0.2, 0) is 4.74 Å². The number of hydrogen-bond donors (Lipinski definition) is 2. The Bertz CT molecular complexity index is 188. The molecule has 0 aromatic heterocycles. The summed E-state index contributed by atoms with van der Waals surface area (Å²) in [5, 5.41) is 10.2. The average molecular weight is 259 g/mol. The van der Waals surface area contributed by atoms with Crippen LogP contribution in [0.15, 0.2) is 0 Å². The molecule has 0 aromatic carbocycles. The number of ether oxygens (including phenoxy) is 1. The van der Waals surface area contributed by atoms with Crippen LogP contribution in [0, 0.1) is 11.8 Å². The molecule has 0 spiro atoms. The van der Waals surface area contributed by atoms with Crippen molar-refractivity contribution >= 4 is 19.9 Å². The fourth-order valence-electron chi connectivity index (χ4n) is 2.13. The van der Waals surface area contributed by atoms with Crippen molar-refractivity contribution in [1.29, 1.82) is 0 Å². The van der Waals surface area contributed by atoms with Gasteiger partial charge in [0.25, 0.3) is 0 Å². The van der Waals surface area contributed by atoms with Gasteiger partial charge in [-0.25, -0.2) is 0 Å². The molecule has 0 aliphatic rings. The highest BCUT2D eigenvalue weighted by Gasteiger charge is 2.25. The lowest BCUT2D eigenvalue weighted by Crippen LogP contribution is -2.36. The molecule has 0 fully saturated rings. The third-order valence-corrected chi connectivity index (χ3v) is 3.52. The lowest BCUT2D eigenvalue weighted by molar-refractivity contribution is -0.0147. The Hall–Kier alpha value is 0.335. The molecule has 0 aliphatic carbocycles. The molecule has 0 saturated carbocycles. The first-order valence-corrected chi connectivity index (χ1v) is 7.21. The predicted molar refractivity (Wildman–Crippen MR) is 79.0 cm³/mol. The molecule has 0 amide bonds. The van der Waals surface area contributed by atoms with Gasteiger partial charge in [-0.1, -0.05) is 27.6 Å². The lowest BCUT2D eigenvalue weighted by atomic mass is 9.70. The highest BCUT2D eigenvalue weighted by molar-refractivity contribution is 7.80. The highest BCUT2D eigenvalue weighted by atomic mass is 32.1. The van der Waals surface area contributed by atoms with E-state index in [1.54, 1.807) is 7.28 Å². The van der Waals surface area contributed by atoms with Crippen LogP contribution in [0.2, 0.25) is 6.82 Å². The van der Waals surface area contributed by atoms with Gasteiger partial charge in [0.2, 0.25) is 0 Å². The molecule has 17 heavy (non-hydrogen) atoms. The van der Waals surface area contributed by atoms with Gasteiger partial charge >= 0.3 is 0 Å². The van der Waals surface area contributed by atoms with Crippen LogP contribution in [0.25, 0.3) is 0 Å². The van der Waals surface area contributed by atoms with Gasteiger partial charge in [0.15, 0.2) is 0 Å². The van der Waals surface area contributed by atoms with Gasteiger partial charge in [-0.15, -0.1) is 0 Å². The molecular weight excluding hydrogens is 231 g/mol. The Morgan fingerprint density at radius 3 is 2.18 bits per heavy atom. The van der Waals surface area contributed by atoms with Gasteiger partial charge in [0.05, 0.1) is 6.10 Å². The monoisotopic (exact) mass is 259 g/mol. The molecule has 0 rings (SSSR count). The quantitative estimate of drug-likeness (QED) is 0.492.